The van der Waals surface area contributed by atoms with E-state index in [4.69, 9.17) is 5.73 Å². The summed E-state index contributed by atoms with van der Waals surface area (Å²) in [6, 6.07) is 9.51. The molecule has 3 N–H and O–H groups in total. The first-order valence-corrected chi connectivity index (χ1v) is 7.28. The van der Waals surface area contributed by atoms with Crippen LogP contribution in [0.3, 0.4) is 0 Å². The largest absolute Gasteiger partial charge is 0.351 e. The van der Waals surface area contributed by atoms with Gasteiger partial charge in [0.15, 0.2) is 0 Å². The number of nitrogens with two attached hydrogens (primary N) is 1. The molecule has 5 heteroatoms. The van der Waals surface area contributed by atoms with E-state index in [0.29, 0.717) is 19.5 Å². The quantitative estimate of drug-likeness (QED) is 0.813. The normalized spacial score (nSPS) is 12.1. The van der Waals surface area contributed by atoms with Gasteiger partial charge in [-0.2, -0.15) is 5.10 Å². The van der Waals surface area contributed by atoms with E-state index in [1.807, 2.05) is 42.1 Å². The maximum absolute atomic E-state index is 11.9. The Hall–Kier alpha value is -2.14. The van der Waals surface area contributed by atoms with Gasteiger partial charge in [0.2, 0.25) is 5.91 Å². The highest BCUT2D eigenvalue weighted by atomic mass is 16.2. The van der Waals surface area contributed by atoms with E-state index in [1.165, 1.54) is 0 Å². The highest BCUT2D eigenvalue weighted by Gasteiger charge is 2.12. The molecule has 0 saturated carbocycles. The molecule has 0 aliphatic heterocycles. The number of rotatable bonds is 7. The lowest BCUT2D eigenvalue weighted by atomic mass is 10.1. The Labute approximate surface area is 125 Å². The summed E-state index contributed by atoms with van der Waals surface area (Å²) in [5, 5.41) is 7.12. The van der Waals surface area contributed by atoms with Crippen LogP contribution in [0.25, 0.3) is 0 Å². The zero-order valence-electron chi connectivity index (χ0n) is 12.3. The van der Waals surface area contributed by atoms with Crippen LogP contribution in [-0.4, -0.2) is 21.7 Å². The molecular formula is C16H22N4O. The van der Waals surface area contributed by atoms with Gasteiger partial charge in [-0.15, -0.1) is 0 Å². The number of aromatic nitrogens is 2. The van der Waals surface area contributed by atoms with Crippen LogP contribution in [0.4, 0.5) is 0 Å². The summed E-state index contributed by atoms with van der Waals surface area (Å²) in [6.07, 6.45) is 5.30. The Morgan fingerprint density at radius 3 is 2.76 bits per heavy atom. The lowest BCUT2D eigenvalue weighted by Gasteiger charge is -2.13. The van der Waals surface area contributed by atoms with Crippen molar-refractivity contribution >= 4 is 5.91 Å². The van der Waals surface area contributed by atoms with Gasteiger partial charge in [-0.05, 0) is 23.6 Å². The number of carbonyl (C=O) groups is 1. The molecule has 0 saturated heterocycles. The fourth-order valence-corrected chi connectivity index (χ4v) is 2.21. The van der Waals surface area contributed by atoms with Crippen molar-refractivity contribution in [1.29, 1.82) is 0 Å². The molecule has 5 nitrogen and oxygen atoms in total. The number of carbonyl (C=O) groups excluding carboxylic acids is 1. The summed E-state index contributed by atoms with van der Waals surface area (Å²) < 4.78 is 1.86. The number of nitrogens with zero attached hydrogens (tertiary/aromatic N) is 2. The predicted octanol–water partition coefficient (Wildman–Crippen LogP) is 1.67. The molecule has 112 valence electrons. The molecule has 2 aromatic rings. The third-order valence-electron chi connectivity index (χ3n) is 3.40. The summed E-state index contributed by atoms with van der Waals surface area (Å²) in [7, 11) is 0. The molecule has 1 heterocycles. The van der Waals surface area contributed by atoms with E-state index in [0.717, 1.165) is 17.5 Å². The maximum Gasteiger partial charge on any atom is 0.237 e. The van der Waals surface area contributed by atoms with Gasteiger partial charge in [-0.1, -0.05) is 37.6 Å². The van der Waals surface area contributed by atoms with Gasteiger partial charge in [0, 0.05) is 18.9 Å². The molecule has 21 heavy (non-hydrogen) atoms. The topological polar surface area (TPSA) is 72.9 Å². The monoisotopic (exact) mass is 286 g/mol. The lowest BCUT2D eigenvalue weighted by Crippen LogP contribution is -2.40. The first-order chi connectivity index (χ1) is 10.2. The molecule has 2 rings (SSSR count). The van der Waals surface area contributed by atoms with Crippen molar-refractivity contribution in [2.45, 2.75) is 38.9 Å². The van der Waals surface area contributed by atoms with E-state index in [9.17, 15) is 4.79 Å². The van der Waals surface area contributed by atoms with Crippen molar-refractivity contribution in [3.8, 4) is 0 Å². The Kier molecular flexibility index (Phi) is 5.51. The van der Waals surface area contributed by atoms with Crippen LogP contribution in [0.5, 0.6) is 0 Å². The standard InChI is InChI=1S/C16H22N4O/c1-2-6-15(17)16(21)18-11-13-7-3-4-8-14(13)12-20-10-5-9-19-20/h3-5,7-10,15H,2,6,11-12,17H2,1H3,(H,18,21). The second-order valence-corrected chi connectivity index (χ2v) is 5.09. The van der Waals surface area contributed by atoms with Crippen LogP contribution in [0.15, 0.2) is 42.7 Å². The van der Waals surface area contributed by atoms with Crippen LogP contribution in [0.1, 0.15) is 30.9 Å². The van der Waals surface area contributed by atoms with Gasteiger partial charge in [-0.25, -0.2) is 0 Å². The lowest BCUT2D eigenvalue weighted by molar-refractivity contribution is -0.122. The molecule has 0 radical (unpaired) electrons. The number of amides is 1. The molecular weight excluding hydrogens is 264 g/mol. The van der Waals surface area contributed by atoms with E-state index in [-0.39, 0.29) is 5.91 Å². The van der Waals surface area contributed by atoms with Crippen LogP contribution in [-0.2, 0) is 17.9 Å². The van der Waals surface area contributed by atoms with Crippen LogP contribution in [0.2, 0.25) is 0 Å². The Bertz CT molecular complexity index is 565. The molecule has 1 aromatic heterocycles. The third-order valence-corrected chi connectivity index (χ3v) is 3.40. The minimum atomic E-state index is -0.423. The fourth-order valence-electron chi connectivity index (χ4n) is 2.21. The molecule has 0 spiro atoms. The van der Waals surface area contributed by atoms with Crippen LogP contribution < -0.4 is 11.1 Å². The smallest absolute Gasteiger partial charge is 0.237 e. The zero-order chi connectivity index (χ0) is 15.1. The van der Waals surface area contributed by atoms with Crippen molar-refractivity contribution in [2.75, 3.05) is 0 Å². The molecule has 1 atom stereocenters. The SMILES string of the molecule is CCCC(N)C(=O)NCc1ccccc1Cn1cccn1. The van der Waals surface area contributed by atoms with E-state index in [2.05, 4.69) is 16.5 Å². The molecule has 0 fully saturated rings. The summed E-state index contributed by atoms with van der Waals surface area (Å²) >= 11 is 0. The Morgan fingerprint density at radius 2 is 2.10 bits per heavy atom. The van der Waals surface area contributed by atoms with Crippen LogP contribution >= 0.6 is 0 Å². The minimum Gasteiger partial charge on any atom is -0.351 e. The van der Waals surface area contributed by atoms with Gasteiger partial charge in [0.05, 0.1) is 12.6 Å². The molecule has 1 unspecified atom stereocenters. The van der Waals surface area contributed by atoms with Gasteiger partial charge in [0.25, 0.3) is 0 Å². The van der Waals surface area contributed by atoms with E-state index >= 15 is 0 Å². The fraction of sp³-hybridized carbons (Fsp3) is 0.375. The summed E-state index contributed by atoms with van der Waals surface area (Å²) in [6.45, 7) is 3.21. The first-order valence-electron chi connectivity index (χ1n) is 7.28. The Balaban J connectivity index is 1.98. The van der Waals surface area contributed by atoms with E-state index in [1.54, 1.807) is 6.20 Å². The van der Waals surface area contributed by atoms with Gasteiger partial charge in [0.1, 0.15) is 0 Å². The van der Waals surface area contributed by atoms with Crippen molar-refractivity contribution in [3.63, 3.8) is 0 Å². The summed E-state index contributed by atoms with van der Waals surface area (Å²) in [4.78, 5) is 11.9. The number of hydrogen-bond donors (Lipinski definition) is 2. The second-order valence-electron chi connectivity index (χ2n) is 5.09. The van der Waals surface area contributed by atoms with Gasteiger partial charge in [-0.3, -0.25) is 9.48 Å². The average Bonchev–Trinajstić information content (AvgIpc) is 2.99. The molecule has 0 aliphatic rings. The van der Waals surface area contributed by atoms with Crippen molar-refractivity contribution in [1.82, 2.24) is 15.1 Å². The minimum absolute atomic E-state index is 0.0919. The molecule has 1 aromatic carbocycles. The molecule has 1 amide bonds. The average molecular weight is 286 g/mol. The predicted molar refractivity (Wildman–Crippen MR) is 82.5 cm³/mol. The van der Waals surface area contributed by atoms with Gasteiger partial charge >= 0.3 is 0 Å². The highest BCUT2D eigenvalue weighted by molar-refractivity contribution is 5.81. The molecule has 0 bridgehead atoms. The van der Waals surface area contributed by atoms with Crippen molar-refractivity contribution in [3.05, 3.63) is 53.9 Å². The Morgan fingerprint density at radius 1 is 1.33 bits per heavy atom. The summed E-state index contributed by atoms with van der Waals surface area (Å²) in [5.74, 6) is -0.0919. The maximum atomic E-state index is 11.9. The zero-order valence-corrected chi connectivity index (χ0v) is 12.3. The number of benzene rings is 1. The van der Waals surface area contributed by atoms with Crippen molar-refractivity contribution in [2.24, 2.45) is 5.73 Å². The highest BCUT2D eigenvalue weighted by Crippen LogP contribution is 2.10. The van der Waals surface area contributed by atoms with Gasteiger partial charge < -0.3 is 11.1 Å². The first kappa shape index (κ1) is 15.3. The van der Waals surface area contributed by atoms with Crippen LogP contribution in [0, 0.1) is 0 Å². The second kappa shape index (κ2) is 7.59. The third kappa shape index (κ3) is 4.43. The van der Waals surface area contributed by atoms with Crippen molar-refractivity contribution < 1.29 is 4.79 Å². The summed E-state index contributed by atoms with van der Waals surface area (Å²) in [5.41, 5.74) is 8.05. The molecule has 0 aliphatic carbocycles. The van der Waals surface area contributed by atoms with E-state index < -0.39 is 6.04 Å². The number of hydrogen-bond acceptors (Lipinski definition) is 3. The number of nitrogens with one attached hydrogen (secondary N) is 1.